The van der Waals surface area contributed by atoms with Gasteiger partial charge in [-0.3, -0.25) is 4.79 Å². The van der Waals surface area contributed by atoms with Crippen molar-refractivity contribution in [2.45, 2.75) is 13.3 Å². The molecular formula is C22H16Br2N2O2. The van der Waals surface area contributed by atoms with Crippen molar-refractivity contribution >= 4 is 54.6 Å². The van der Waals surface area contributed by atoms with Gasteiger partial charge in [0.2, 0.25) is 5.89 Å². The summed E-state index contributed by atoms with van der Waals surface area (Å²) >= 11 is 6.96. The number of aryl methyl sites for hydroxylation is 1. The van der Waals surface area contributed by atoms with Crippen LogP contribution in [0.4, 0.5) is 5.69 Å². The molecule has 0 radical (unpaired) electrons. The molecule has 0 atom stereocenters. The fourth-order valence-corrected chi connectivity index (χ4v) is 3.96. The number of hydrogen-bond acceptors (Lipinski definition) is 3. The predicted octanol–water partition coefficient (Wildman–Crippen LogP) is 6.83. The molecule has 0 saturated heterocycles. The molecule has 4 nitrogen and oxygen atoms in total. The number of anilines is 1. The van der Waals surface area contributed by atoms with E-state index in [1.165, 1.54) is 5.56 Å². The summed E-state index contributed by atoms with van der Waals surface area (Å²) in [4.78, 5) is 17.0. The van der Waals surface area contributed by atoms with Crippen LogP contribution in [0.2, 0.25) is 0 Å². The summed E-state index contributed by atoms with van der Waals surface area (Å²) < 4.78 is 7.60. The first-order chi connectivity index (χ1) is 13.5. The van der Waals surface area contributed by atoms with Crippen LogP contribution in [-0.4, -0.2) is 10.9 Å². The molecular weight excluding hydrogens is 484 g/mol. The van der Waals surface area contributed by atoms with Gasteiger partial charge < -0.3 is 9.73 Å². The predicted molar refractivity (Wildman–Crippen MR) is 119 cm³/mol. The molecule has 0 fully saturated rings. The summed E-state index contributed by atoms with van der Waals surface area (Å²) in [5.74, 6) is 0.380. The zero-order chi connectivity index (χ0) is 19.7. The van der Waals surface area contributed by atoms with Crippen LogP contribution in [0, 0.1) is 0 Å². The molecule has 1 aromatic heterocycles. The third-order valence-electron chi connectivity index (χ3n) is 4.42. The van der Waals surface area contributed by atoms with Crippen molar-refractivity contribution in [1.29, 1.82) is 0 Å². The number of fused-ring (bicyclic) bond motifs is 1. The van der Waals surface area contributed by atoms with Crippen molar-refractivity contribution in [1.82, 2.24) is 4.98 Å². The second-order valence-electron chi connectivity index (χ2n) is 6.31. The van der Waals surface area contributed by atoms with Crippen LogP contribution >= 0.6 is 31.9 Å². The maximum absolute atomic E-state index is 12.4. The normalized spacial score (nSPS) is 11.0. The van der Waals surface area contributed by atoms with Gasteiger partial charge in [-0.1, -0.05) is 19.1 Å². The van der Waals surface area contributed by atoms with Crippen LogP contribution in [0.15, 0.2) is 74.0 Å². The molecule has 4 aromatic rings. The van der Waals surface area contributed by atoms with E-state index in [1.807, 2.05) is 48.5 Å². The topological polar surface area (TPSA) is 55.1 Å². The van der Waals surface area contributed by atoms with Crippen LogP contribution in [-0.2, 0) is 6.42 Å². The van der Waals surface area contributed by atoms with E-state index < -0.39 is 0 Å². The van der Waals surface area contributed by atoms with Crippen molar-refractivity contribution in [3.05, 3.63) is 80.7 Å². The number of amides is 1. The minimum Gasteiger partial charge on any atom is -0.435 e. The number of nitrogens with zero attached hydrogens (tertiary/aromatic N) is 1. The Hall–Kier alpha value is -2.44. The fraction of sp³-hybridized carbons (Fsp3) is 0.0909. The van der Waals surface area contributed by atoms with Crippen LogP contribution < -0.4 is 5.32 Å². The van der Waals surface area contributed by atoms with Crippen LogP contribution in [0.25, 0.3) is 22.6 Å². The Morgan fingerprint density at radius 3 is 2.50 bits per heavy atom. The lowest BCUT2D eigenvalue weighted by Gasteiger charge is -2.07. The number of oxazole rings is 1. The highest BCUT2D eigenvalue weighted by Gasteiger charge is 2.13. The summed E-state index contributed by atoms with van der Waals surface area (Å²) in [5, 5.41) is 2.90. The number of carbonyl (C=O) groups excluding carboxylic acids is 1. The van der Waals surface area contributed by atoms with Gasteiger partial charge in [0.25, 0.3) is 5.91 Å². The molecule has 1 N–H and O–H groups in total. The number of halogens is 2. The average Bonchev–Trinajstić information content (AvgIpc) is 3.13. The van der Waals surface area contributed by atoms with Crippen LogP contribution in [0.5, 0.6) is 0 Å². The Bertz CT molecular complexity index is 1170. The second kappa shape index (κ2) is 7.89. The molecule has 4 rings (SSSR count). The molecule has 28 heavy (non-hydrogen) atoms. The maximum atomic E-state index is 12.4. The molecule has 0 aliphatic carbocycles. The number of rotatable bonds is 4. The first-order valence-electron chi connectivity index (χ1n) is 8.80. The molecule has 0 bridgehead atoms. The Kier molecular flexibility index (Phi) is 5.33. The van der Waals surface area contributed by atoms with Crippen molar-refractivity contribution in [3.8, 4) is 11.5 Å². The minimum atomic E-state index is -0.168. The summed E-state index contributed by atoms with van der Waals surface area (Å²) in [6.07, 6.45) is 0.933. The number of nitrogens with one attached hydrogen (secondary N) is 1. The third-order valence-corrected chi connectivity index (χ3v) is 5.70. The van der Waals surface area contributed by atoms with Gasteiger partial charge in [-0.2, -0.15) is 0 Å². The van der Waals surface area contributed by atoms with Gasteiger partial charge in [-0.15, -0.1) is 0 Å². The van der Waals surface area contributed by atoms with E-state index in [0.717, 1.165) is 32.0 Å². The molecule has 0 aliphatic rings. The average molecular weight is 500 g/mol. The van der Waals surface area contributed by atoms with Gasteiger partial charge in [0.1, 0.15) is 5.52 Å². The van der Waals surface area contributed by atoms with E-state index in [0.29, 0.717) is 17.1 Å². The third kappa shape index (κ3) is 3.75. The van der Waals surface area contributed by atoms with Crippen LogP contribution in [0.3, 0.4) is 0 Å². The van der Waals surface area contributed by atoms with E-state index in [1.54, 1.807) is 6.07 Å². The van der Waals surface area contributed by atoms with Gasteiger partial charge >= 0.3 is 0 Å². The SMILES string of the molecule is CCc1cc(Br)c2oc(-c3ccc(NC(=O)c4ccccc4Br)cc3)nc2c1. The first-order valence-corrected chi connectivity index (χ1v) is 10.4. The highest BCUT2D eigenvalue weighted by Crippen LogP contribution is 2.31. The zero-order valence-electron chi connectivity index (χ0n) is 15.0. The largest absolute Gasteiger partial charge is 0.435 e. The van der Waals surface area contributed by atoms with Crippen molar-refractivity contribution in [3.63, 3.8) is 0 Å². The Morgan fingerprint density at radius 1 is 1.04 bits per heavy atom. The van der Waals surface area contributed by atoms with Crippen LogP contribution in [0.1, 0.15) is 22.8 Å². The monoisotopic (exact) mass is 498 g/mol. The van der Waals surface area contributed by atoms with Crippen molar-refractivity contribution in [2.75, 3.05) is 5.32 Å². The second-order valence-corrected chi connectivity index (χ2v) is 8.02. The van der Waals surface area contributed by atoms with Crippen molar-refractivity contribution in [2.24, 2.45) is 0 Å². The van der Waals surface area contributed by atoms with Gasteiger partial charge in [-0.05, 0) is 92.4 Å². The summed E-state index contributed by atoms with van der Waals surface area (Å²) in [7, 11) is 0. The summed E-state index contributed by atoms with van der Waals surface area (Å²) in [6, 6.07) is 18.9. The number of carbonyl (C=O) groups is 1. The molecule has 3 aromatic carbocycles. The highest BCUT2D eigenvalue weighted by atomic mass is 79.9. The van der Waals surface area contributed by atoms with E-state index in [-0.39, 0.29) is 5.91 Å². The maximum Gasteiger partial charge on any atom is 0.256 e. The van der Waals surface area contributed by atoms with Gasteiger partial charge in [0.05, 0.1) is 10.0 Å². The van der Waals surface area contributed by atoms with Gasteiger partial charge in [-0.25, -0.2) is 4.98 Å². The first kappa shape index (κ1) is 18.9. The van der Waals surface area contributed by atoms with E-state index in [9.17, 15) is 4.79 Å². The summed E-state index contributed by atoms with van der Waals surface area (Å²) in [6.45, 7) is 2.11. The van der Waals surface area contributed by atoms with E-state index in [2.05, 4.69) is 55.2 Å². The standard InChI is InChI=1S/C22H16Br2N2O2/c1-2-13-11-18(24)20-19(12-13)26-22(28-20)14-7-9-15(10-8-14)25-21(27)16-5-3-4-6-17(16)23/h3-12H,2H2,1H3,(H,25,27). The Balaban J connectivity index is 1.58. The molecule has 140 valence electrons. The van der Waals surface area contributed by atoms with Crippen molar-refractivity contribution < 1.29 is 9.21 Å². The molecule has 0 aliphatic heterocycles. The smallest absolute Gasteiger partial charge is 0.256 e. The van der Waals surface area contributed by atoms with Gasteiger partial charge in [0, 0.05) is 15.7 Å². The minimum absolute atomic E-state index is 0.168. The quantitative estimate of drug-likeness (QED) is 0.334. The molecule has 6 heteroatoms. The summed E-state index contributed by atoms with van der Waals surface area (Å²) in [5.41, 5.74) is 4.90. The highest BCUT2D eigenvalue weighted by molar-refractivity contribution is 9.11. The number of aromatic nitrogens is 1. The molecule has 0 spiro atoms. The van der Waals surface area contributed by atoms with Gasteiger partial charge in [0.15, 0.2) is 5.58 Å². The Labute approximate surface area is 179 Å². The Morgan fingerprint density at radius 2 is 1.79 bits per heavy atom. The molecule has 1 amide bonds. The fourth-order valence-electron chi connectivity index (χ4n) is 2.91. The lowest BCUT2D eigenvalue weighted by molar-refractivity contribution is 0.102. The molecule has 1 heterocycles. The molecule has 0 unspecified atom stereocenters. The van der Waals surface area contributed by atoms with E-state index in [4.69, 9.17) is 4.42 Å². The number of hydrogen-bond donors (Lipinski definition) is 1. The number of benzene rings is 3. The lowest BCUT2D eigenvalue weighted by atomic mass is 10.1. The van der Waals surface area contributed by atoms with E-state index >= 15 is 0 Å². The zero-order valence-corrected chi connectivity index (χ0v) is 18.2. The lowest BCUT2D eigenvalue weighted by Crippen LogP contribution is -2.12. The molecule has 0 saturated carbocycles.